The lowest BCUT2D eigenvalue weighted by Crippen LogP contribution is -2.47. The number of nitrogens with one attached hydrogen (secondary N) is 2. The van der Waals surface area contributed by atoms with E-state index >= 15 is 0 Å². The Hall–Kier alpha value is -1.59. The van der Waals surface area contributed by atoms with Crippen LogP contribution in [-0.2, 0) is 16.6 Å². The molecule has 1 saturated heterocycles. The molecule has 1 aliphatic rings. The second-order valence-corrected chi connectivity index (χ2v) is 8.41. The highest BCUT2D eigenvalue weighted by Gasteiger charge is 2.50. The average molecular weight is 428 g/mol. The molecule has 1 aromatic heterocycles. The second-order valence-electron chi connectivity index (χ2n) is 6.09. The van der Waals surface area contributed by atoms with Gasteiger partial charge in [0.15, 0.2) is 5.96 Å². The molecule has 0 saturated carbocycles. The van der Waals surface area contributed by atoms with Gasteiger partial charge in [-0.3, -0.25) is 4.99 Å². The van der Waals surface area contributed by atoms with E-state index in [1.165, 1.54) is 0 Å². The number of pyridine rings is 1. The zero-order valence-electron chi connectivity index (χ0n) is 14.6. The molecule has 2 rings (SSSR count). The number of nitrogens with zero attached hydrogens (tertiary/aromatic N) is 3. The van der Waals surface area contributed by atoms with E-state index in [0.29, 0.717) is 41.3 Å². The number of hydrogen-bond donors (Lipinski definition) is 2. The quantitative estimate of drug-likeness (QED) is 0.426. The first-order chi connectivity index (χ1) is 12.6. The Morgan fingerprint density at radius 2 is 2.00 bits per heavy atom. The SMILES string of the molecule is CN=C(NCc1ccc(Cl)nc1)NCC1CCN(S(=O)(=O)C(F)(F)F)CC1. The lowest BCUT2D eigenvalue weighted by atomic mass is 9.98. The first-order valence-electron chi connectivity index (χ1n) is 8.25. The normalized spacial score (nSPS) is 17.7. The third kappa shape index (κ3) is 5.94. The van der Waals surface area contributed by atoms with Crippen molar-refractivity contribution in [1.82, 2.24) is 19.9 Å². The third-order valence-electron chi connectivity index (χ3n) is 4.24. The van der Waals surface area contributed by atoms with Crippen molar-refractivity contribution in [3.05, 3.63) is 29.0 Å². The zero-order valence-corrected chi connectivity index (χ0v) is 16.2. The van der Waals surface area contributed by atoms with Crippen LogP contribution < -0.4 is 10.6 Å². The summed E-state index contributed by atoms with van der Waals surface area (Å²) in [4.78, 5) is 8.06. The van der Waals surface area contributed by atoms with Gasteiger partial charge in [0, 0.05) is 39.4 Å². The predicted octanol–water partition coefficient (Wildman–Crippen LogP) is 1.96. The number of hydrogen-bond acceptors (Lipinski definition) is 4. The minimum absolute atomic E-state index is 0.0560. The Balaban J connectivity index is 1.77. The number of piperidine rings is 1. The number of guanidine groups is 1. The molecular weight excluding hydrogens is 407 g/mol. The van der Waals surface area contributed by atoms with Crippen LogP contribution in [0.25, 0.3) is 0 Å². The van der Waals surface area contributed by atoms with E-state index in [1.54, 1.807) is 19.3 Å². The minimum atomic E-state index is -5.25. The Bertz CT molecular complexity index is 748. The van der Waals surface area contributed by atoms with Crippen molar-refractivity contribution in [2.24, 2.45) is 10.9 Å². The fourth-order valence-electron chi connectivity index (χ4n) is 2.66. The van der Waals surface area contributed by atoms with Crippen LogP contribution >= 0.6 is 11.6 Å². The van der Waals surface area contributed by atoms with E-state index in [9.17, 15) is 21.6 Å². The van der Waals surface area contributed by atoms with Crippen LogP contribution in [0.1, 0.15) is 18.4 Å². The van der Waals surface area contributed by atoms with E-state index in [0.717, 1.165) is 5.56 Å². The van der Waals surface area contributed by atoms with E-state index in [-0.39, 0.29) is 19.0 Å². The summed E-state index contributed by atoms with van der Waals surface area (Å²) in [5.74, 6) is 0.593. The van der Waals surface area contributed by atoms with Crippen LogP contribution in [-0.4, -0.2) is 55.9 Å². The fraction of sp³-hybridized carbons (Fsp3) is 0.600. The first-order valence-corrected chi connectivity index (χ1v) is 10.1. The van der Waals surface area contributed by atoms with E-state index in [4.69, 9.17) is 11.6 Å². The van der Waals surface area contributed by atoms with Gasteiger partial charge in [0.25, 0.3) is 0 Å². The number of alkyl halides is 3. The smallest absolute Gasteiger partial charge is 0.356 e. The van der Waals surface area contributed by atoms with Crippen LogP contribution in [0.2, 0.25) is 5.15 Å². The van der Waals surface area contributed by atoms with Crippen LogP contribution in [0.15, 0.2) is 23.3 Å². The number of halogens is 4. The molecule has 152 valence electrons. The van der Waals surface area contributed by atoms with Gasteiger partial charge in [-0.2, -0.15) is 17.5 Å². The lowest BCUT2D eigenvalue weighted by molar-refractivity contribution is -0.0496. The van der Waals surface area contributed by atoms with Gasteiger partial charge in [-0.05, 0) is 30.4 Å². The first kappa shape index (κ1) is 21.7. The molecule has 7 nitrogen and oxygen atoms in total. The molecule has 0 radical (unpaired) electrons. The predicted molar refractivity (Wildman–Crippen MR) is 96.7 cm³/mol. The highest BCUT2D eigenvalue weighted by molar-refractivity contribution is 7.90. The summed E-state index contributed by atoms with van der Waals surface area (Å²) < 4.78 is 61.1. The van der Waals surface area contributed by atoms with Crippen molar-refractivity contribution in [3.8, 4) is 0 Å². The molecule has 0 aromatic carbocycles. The van der Waals surface area contributed by atoms with E-state index in [1.807, 2.05) is 6.07 Å². The molecule has 12 heteroatoms. The summed E-state index contributed by atoms with van der Waals surface area (Å²) in [5.41, 5.74) is -4.34. The highest BCUT2D eigenvalue weighted by atomic mass is 35.5. The van der Waals surface area contributed by atoms with Gasteiger partial charge in [-0.25, -0.2) is 13.4 Å². The number of aromatic nitrogens is 1. The topological polar surface area (TPSA) is 86.7 Å². The Labute approximate surface area is 161 Å². The Morgan fingerprint density at radius 3 is 2.52 bits per heavy atom. The number of rotatable bonds is 5. The standard InChI is InChI=1S/C15H21ClF3N5O2S/c1-20-14(23-10-12-2-3-13(16)21-9-12)22-8-11-4-6-24(7-5-11)27(25,26)15(17,18)19/h2-3,9,11H,4-8,10H2,1H3,(H2,20,22,23). The molecule has 1 aliphatic heterocycles. The van der Waals surface area contributed by atoms with E-state index in [2.05, 4.69) is 20.6 Å². The molecule has 0 unspecified atom stereocenters. The van der Waals surface area contributed by atoms with Crippen LogP contribution in [0.3, 0.4) is 0 Å². The van der Waals surface area contributed by atoms with E-state index < -0.39 is 15.5 Å². The Kier molecular flexibility index (Phi) is 7.29. The summed E-state index contributed by atoms with van der Waals surface area (Å²) >= 11 is 5.73. The molecule has 0 bridgehead atoms. The van der Waals surface area contributed by atoms with Crippen molar-refractivity contribution in [2.45, 2.75) is 24.9 Å². The van der Waals surface area contributed by atoms with Crippen molar-refractivity contribution in [1.29, 1.82) is 0 Å². The molecule has 2 N–H and O–H groups in total. The number of aliphatic imine (C=N–C) groups is 1. The second kappa shape index (κ2) is 9.07. The van der Waals surface area contributed by atoms with Crippen LogP contribution in [0, 0.1) is 5.92 Å². The maximum Gasteiger partial charge on any atom is 0.511 e. The van der Waals surface area contributed by atoms with Gasteiger partial charge in [0.2, 0.25) is 0 Å². The zero-order chi connectivity index (χ0) is 20.1. The largest absolute Gasteiger partial charge is 0.511 e. The van der Waals surface area contributed by atoms with Crippen LogP contribution in [0.4, 0.5) is 13.2 Å². The highest BCUT2D eigenvalue weighted by Crippen LogP contribution is 2.30. The maximum absolute atomic E-state index is 12.6. The van der Waals surface area contributed by atoms with Gasteiger partial charge >= 0.3 is 15.5 Å². The maximum atomic E-state index is 12.6. The molecule has 0 atom stereocenters. The Morgan fingerprint density at radius 1 is 1.33 bits per heavy atom. The number of sulfonamides is 1. The molecule has 0 aliphatic carbocycles. The van der Waals surface area contributed by atoms with Crippen molar-refractivity contribution in [2.75, 3.05) is 26.7 Å². The van der Waals surface area contributed by atoms with Gasteiger partial charge in [-0.15, -0.1) is 0 Å². The monoisotopic (exact) mass is 427 g/mol. The molecule has 1 fully saturated rings. The molecule has 27 heavy (non-hydrogen) atoms. The summed E-state index contributed by atoms with van der Waals surface area (Å²) in [6, 6.07) is 3.50. The van der Waals surface area contributed by atoms with Crippen LogP contribution in [0.5, 0.6) is 0 Å². The fourth-order valence-corrected chi connectivity index (χ4v) is 3.75. The molecule has 2 heterocycles. The van der Waals surface area contributed by atoms with Crippen molar-refractivity contribution in [3.63, 3.8) is 0 Å². The van der Waals surface area contributed by atoms with Crippen molar-refractivity contribution < 1.29 is 21.6 Å². The average Bonchev–Trinajstić information content (AvgIpc) is 2.62. The van der Waals surface area contributed by atoms with Gasteiger partial charge < -0.3 is 10.6 Å². The lowest BCUT2D eigenvalue weighted by Gasteiger charge is -2.31. The minimum Gasteiger partial charge on any atom is -0.356 e. The molecule has 0 spiro atoms. The summed E-state index contributed by atoms with van der Waals surface area (Å²) in [5, 5.41) is 6.61. The van der Waals surface area contributed by atoms with Gasteiger partial charge in [0.05, 0.1) is 0 Å². The molecule has 0 amide bonds. The summed E-state index contributed by atoms with van der Waals surface area (Å²) in [6.45, 7) is 0.678. The molecular formula is C15H21ClF3N5O2S. The molecule has 1 aromatic rings. The summed E-state index contributed by atoms with van der Waals surface area (Å²) in [7, 11) is -3.63. The van der Waals surface area contributed by atoms with Gasteiger partial charge in [-0.1, -0.05) is 17.7 Å². The van der Waals surface area contributed by atoms with Crippen molar-refractivity contribution >= 4 is 27.6 Å². The third-order valence-corrected chi connectivity index (χ3v) is 6.09. The summed E-state index contributed by atoms with van der Waals surface area (Å²) in [6.07, 6.45) is 2.33. The van der Waals surface area contributed by atoms with Gasteiger partial charge in [0.1, 0.15) is 5.15 Å².